The second-order valence-electron chi connectivity index (χ2n) is 6.65. The van der Waals surface area contributed by atoms with E-state index in [1.54, 1.807) is 29.9 Å². The Kier molecular flexibility index (Phi) is 4.66. The van der Waals surface area contributed by atoms with E-state index in [0.29, 0.717) is 30.5 Å². The van der Waals surface area contributed by atoms with Crippen LogP contribution in [0.15, 0.2) is 35.0 Å². The smallest absolute Gasteiger partial charge is 0.280 e. The molecule has 0 spiro atoms. The van der Waals surface area contributed by atoms with Crippen molar-refractivity contribution in [3.63, 3.8) is 0 Å². The third-order valence-electron chi connectivity index (χ3n) is 4.72. The first-order chi connectivity index (χ1) is 13.1. The molecule has 1 aliphatic rings. The fraction of sp³-hybridized carbons (Fsp3) is 0.389. The zero-order chi connectivity index (χ0) is 18.8. The maximum atomic E-state index is 13.0. The monoisotopic (exact) mass is 370 g/mol. The van der Waals surface area contributed by atoms with Gasteiger partial charge in [-0.1, -0.05) is 22.5 Å². The van der Waals surface area contributed by atoms with E-state index in [4.69, 9.17) is 4.52 Å². The molecule has 3 aromatic rings. The van der Waals surface area contributed by atoms with Crippen LogP contribution in [0.2, 0.25) is 0 Å². The van der Waals surface area contributed by atoms with E-state index >= 15 is 0 Å². The van der Waals surface area contributed by atoms with Gasteiger partial charge in [-0.2, -0.15) is 4.98 Å². The summed E-state index contributed by atoms with van der Waals surface area (Å²) in [4.78, 5) is 18.5. The van der Waals surface area contributed by atoms with Gasteiger partial charge in [-0.05, 0) is 37.5 Å². The van der Waals surface area contributed by atoms with Gasteiger partial charge in [-0.25, -0.2) is 9.07 Å². The molecule has 140 valence electrons. The van der Waals surface area contributed by atoms with E-state index in [2.05, 4.69) is 20.5 Å². The van der Waals surface area contributed by atoms with Crippen LogP contribution in [0, 0.1) is 12.7 Å². The Morgan fingerprint density at radius 2 is 2.00 bits per heavy atom. The number of carbonyl (C=O) groups is 1. The fourth-order valence-corrected chi connectivity index (χ4v) is 3.22. The molecule has 27 heavy (non-hydrogen) atoms. The first-order valence-corrected chi connectivity index (χ1v) is 8.83. The molecular formula is C18H19FN6O2. The van der Waals surface area contributed by atoms with Gasteiger partial charge in [-0.15, -0.1) is 5.10 Å². The summed E-state index contributed by atoms with van der Waals surface area (Å²) in [7, 11) is 0. The molecule has 0 aliphatic carbocycles. The molecule has 1 aromatic carbocycles. The number of likely N-dealkylation sites (tertiary alicyclic amines) is 1. The molecule has 1 amide bonds. The predicted molar refractivity (Wildman–Crippen MR) is 93.0 cm³/mol. The third kappa shape index (κ3) is 3.86. The zero-order valence-corrected chi connectivity index (χ0v) is 14.9. The number of hydrogen-bond acceptors (Lipinski definition) is 6. The van der Waals surface area contributed by atoms with Gasteiger partial charge in [0.2, 0.25) is 5.91 Å². The maximum Gasteiger partial charge on any atom is 0.280 e. The van der Waals surface area contributed by atoms with E-state index in [1.807, 2.05) is 4.90 Å². The summed E-state index contributed by atoms with van der Waals surface area (Å²) in [6, 6.07) is 6.22. The number of hydrogen-bond donors (Lipinski definition) is 0. The quantitative estimate of drug-likeness (QED) is 0.699. The van der Waals surface area contributed by atoms with Crippen molar-refractivity contribution < 1.29 is 13.7 Å². The molecule has 3 heterocycles. The number of rotatable bonds is 4. The van der Waals surface area contributed by atoms with Crippen molar-refractivity contribution >= 4 is 5.91 Å². The van der Waals surface area contributed by atoms with Crippen molar-refractivity contribution in [2.24, 2.45) is 0 Å². The van der Waals surface area contributed by atoms with Crippen molar-refractivity contribution in [3.05, 3.63) is 47.7 Å². The summed E-state index contributed by atoms with van der Waals surface area (Å²) >= 11 is 0. The topological polar surface area (TPSA) is 89.9 Å². The van der Waals surface area contributed by atoms with Gasteiger partial charge in [0.1, 0.15) is 5.82 Å². The van der Waals surface area contributed by atoms with Gasteiger partial charge in [0, 0.05) is 13.1 Å². The van der Waals surface area contributed by atoms with Gasteiger partial charge in [0.05, 0.1) is 18.7 Å². The maximum absolute atomic E-state index is 13.0. The van der Waals surface area contributed by atoms with Crippen LogP contribution in [0.5, 0.6) is 0 Å². The highest BCUT2D eigenvalue weighted by molar-refractivity contribution is 5.78. The second kappa shape index (κ2) is 7.26. The SMILES string of the molecule is Cc1noc(-c2cn(C3CCN(C(=O)Cc4ccc(F)cc4)CC3)nn2)n1. The highest BCUT2D eigenvalue weighted by atomic mass is 19.1. The molecule has 0 atom stereocenters. The third-order valence-corrected chi connectivity index (χ3v) is 4.72. The van der Waals surface area contributed by atoms with Crippen LogP contribution in [-0.4, -0.2) is 49.0 Å². The van der Waals surface area contributed by atoms with Gasteiger partial charge >= 0.3 is 0 Å². The van der Waals surface area contributed by atoms with Crippen molar-refractivity contribution in [1.29, 1.82) is 0 Å². The Morgan fingerprint density at radius 1 is 1.26 bits per heavy atom. The minimum Gasteiger partial charge on any atom is -0.342 e. The largest absolute Gasteiger partial charge is 0.342 e. The minimum atomic E-state index is -0.296. The van der Waals surface area contributed by atoms with Gasteiger partial charge in [0.25, 0.3) is 5.89 Å². The Labute approximate surface area is 155 Å². The second-order valence-corrected chi connectivity index (χ2v) is 6.65. The van der Waals surface area contributed by atoms with Crippen LogP contribution in [0.4, 0.5) is 4.39 Å². The summed E-state index contributed by atoms with van der Waals surface area (Å²) in [5, 5.41) is 12.0. The van der Waals surface area contributed by atoms with Crippen LogP contribution in [0.25, 0.3) is 11.6 Å². The highest BCUT2D eigenvalue weighted by Gasteiger charge is 2.25. The molecule has 0 bridgehead atoms. The molecule has 0 N–H and O–H groups in total. The summed E-state index contributed by atoms with van der Waals surface area (Å²) < 4.78 is 19.9. The fourth-order valence-electron chi connectivity index (χ4n) is 3.22. The van der Waals surface area contributed by atoms with E-state index in [9.17, 15) is 9.18 Å². The van der Waals surface area contributed by atoms with Crippen LogP contribution >= 0.6 is 0 Å². The van der Waals surface area contributed by atoms with Crippen LogP contribution < -0.4 is 0 Å². The van der Waals surface area contributed by atoms with Gasteiger partial charge in [0.15, 0.2) is 11.5 Å². The van der Waals surface area contributed by atoms with Crippen molar-refractivity contribution in [2.75, 3.05) is 13.1 Å². The Bertz CT molecular complexity index is 927. The predicted octanol–water partition coefficient (Wildman–Crippen LogP) is 2.18. The lowest BCUT2D eigenvalue weighted by Crippen LogP contribution is -2.40. The lowest BCUT2D eigenvalue weighted by molar-refractivity contribution is -0.131. The molecule has 2 aromatic heterocycles. The molecule has 1 fully saturated rings. The van der Waals surface area contributed by atoms with Crippen LogP contribution in [0.1, 0.15) is 30.3 Å². The number of aromatic nitrogens is 5. The normalized spacial score (nSPS) is 15.3. The average Bonchev–Trinajstić information content (AvgIpc) is 3.33. The van der Waals surface area contributed by atoms with E-state index < -0.39 is 0 Å². The van der Waals surface area contributed by atoms with Crippen molar-refractivity contribution in [1.82, 2.24) is 30.0 Å². The minimum absolute atomic E-state index is 0.0562. The summed E-state index contributed by atoms with van der Waals surface area (Å²) in [5.74, 6) is 0.661. The van der Waals surface area contributed by atoms with E-state index in [-0.39, 0.29) is 24.2 Å². The lowest BCUT2D eigenvalue weighted by Gasteiger charge is -2.32. The van der Waals surface area contributed by atoms with Crippen LogP contribution in [-0.2, 0) is 11.2 Å². The Hall–Kier alpha value is -3.10. The molecule has 4 rings (SSSR count). The highest BCUT2D eigenvalue weighted by Crippen LogP contribution is 2.24. The van der Waals surface area contributed by atoms with Gasteiger partial charge in [-0.3, -0.25) is 4.79 Å². The first kappa shape index (κ1) is 17.3. The average molecular weight is 370 g/mol. The molecule has 8 nitrogen and oxygen atoms in total. The summed E-state index contributed by atoms with van der Waals surface area (Å²) in [5.41, 5.74) is 1.37. The van der Waals surface area contributed by atoms with E-state index in [0.717, 1.165) is 18.4 Å². The standard InChI is InChI=1S/C18H19FN6O2/c1-12-20-18(27-22-12)16-11-25(23-21-16)15-6-8-24(9-7-15)17(26)10-13-2-4-14(19)5-3-13/h2-5,11,15H,6-10H2,1H3. The molecular weight excluding hydrogens is 351 g/mol. The molecule has 1 aliphatic heterocycles. The number of amides is 1. The Balaban J connectivity index is 1.34. The summed E-state index contributed by atoms with van der Waals surface area (Å²) in [6.07, 6.45) is 3.67. The number of piperidine rings is 1. The number of benzene rings is 1. The van der Waals surface area contributed by atoms with Crippen molar-refractivity contribution in [3.8, 4) is 11.6 Å². The first-order valence-electron chi connectivity index (χ1n) is 8.83. The molecule has 9 heteroatoms. The molecule has 0 unspecified atom stereocenters. The number of halogens is 1. The van der Waals surface area contributed by atoms with Crippen molar-refractivity contribution in [2.45, 2.75) is 32.2 Å². The number of aryl methyl sites for hydroxylation is 1. The molecule has 0 radical (unpaired) electrons. The summed E-state index contributed by atoms with van der Waals surface area (Å²) in [6.45, 7) is 3.05. The van der Waals surface area contributed by atoms with Crippen LogP contribution in [0.3, 0.4) is 0 Å². The zero-order valence-electron chi connectivity index (χ0n) is 14.9. The lowest BCUT2D eigenvalue weighted by atomic mass is 10.0. The Morgan fingerprint density at radius 3 is 2.67 bits per heavy atom. The number of carbonyl (C=O) groups excluding carboxylic acids is 1. The molecule has 1 saturated heterocycles. The van der Waals surface area contributed by atoms with E-state index in [1.165, 1.54) is 12.1 Å². The number of nitrogens with zero attached hydrogens (tertiary/aromatic N) is 6. The molecule has 0 saturated carbocycles. The van der Waals surface area contributed by atoms with Gasteiger partial charge < -0.3 is 9.42 Å².